The van der Waals surface area contributed by atoms with Crippen molar-refractivity contribution in [1.82, 2.24) is 15.1 Å². The predicted molar refractivity (Wildman–Crippen MR) is 102 cm³/mol. The summed E-state index contributed by atoms with van der Waals surface area (Å²) in [6, 6.07) is 7.43. The Hall–Kier alpha value is -1.62. The molecular formula is C20H31FN4. The fourth-order valence-corrected chi connectivity index (χ4v) is 3.96. The summed E-state index contributed by atoms with van der Waals surface area (Å²) < 4.78 is 13.9. The van der Waals surface area contributed by atoms with Gasteiger partial charge in [0.05, 0.1) is 0 Å². The summed E-state index contributed by atoms with van der Waals surface area (Å²) in [7, 11) is 1.85. The molecule has 2 fully saturated rings. The van der Waals surface area contributed by atoms with Crippen LogP contribution in [-0.2, 0) is 0 Å². The number of rotatable bonds is 6. The summed E-state index contributed by atoms with van der Waals surface area (Å²) in [4.78, 5) is 9.34. The molecule has 138 valence electrons. The third-order valence-corrected chi connectivity index (χ3v) is 5.62. The molecule has 0 radical (unpaired) electrons. The number of halogens is 1. The normalized spacial score (nSPS) is 26.4. The van der Waals surface area contributed by atoms with Crippen LogP contribution in [0.2, 0.25) is 0 Å². The van der Waals surface area contributed by atoms with Crippen molar-refractivity contribution < 1.29 is 4.39 Å². The lowest BCUT2D eigenvalue weighted by Gasteiger charge is -2.24. The Balaban J connectivity index is 1.52. The minimum Gasteiger partial charge on any atom is -0.353 e. The minimum absolute atomic E-state index is 0.0905. The van der Waals surface area contributed by atoms with Crippen molar-refractivity contribution in [3.63, 3.8) is 0 Å². The second kappa shape index (κ2) is 8.17. The highest BCUT2D eigenvalue weighted by Gasteiger charge is 2.41. The lowest BCUT2D eigenvalue weighted by atomic mass is 10.1. The standard InChI is InChI=1S/C20H31FN4/c1-4-24(5-2)13-15-10-11-25(14-15)20(22-3)23-19-12-17(19)16-8-6-7-9-18(16)21/h6-9,15,17,19H,4-5,10-14H2,1-3H3,(H,22,23). The highest BCUT2D eigenvalue weighted by atomic mass is 19.1. The molecule has 25 heavy (non-hydrogen) atoms. The Morgan fingerprint density at radius 2 is 2.08 bits per heavy atom. The molecule has 0 bridgehead atoms. The van der Waals surface area contributed by atoms with Gasteiger partial charge < -0.3 is 15.1 Å². The average molecular weight is 346 g/mol. The fraction of sp³-hybridized carbons (Fsp3) is 0.650. The zero-order chi connectivity index (χ0) is 17.8. The maximum Gasteiger partial charge on any atom is 0.193 e. The summed E-state index contributed by atoms with van der Waals surface area (Å²) >= 11 is 0. The molecular weight excluding hydrogens is 315 g/mol. The SMILES string of the molecule is CCN(CC)CC1CCN(C(=NC)NC2CC2c2ccccc2F)C1. The van der Waals surface area contributed by atoms with Gasteiger partial charge in [0, 0.05) is 38.6 Å². The topological polar surface area (TPSA) is 30.9 Å². The maximum absolute atomic E-state index is 13.9. The van der Waals surface area contributed by atoms with E-state index in [1.807, 2.05) is 19.2 Å². The first kappa shape index (κ1) is 18.2. The highest BCUT2D eigenvalue weighted by molar-refractivity contribution is 5.81. The Labute approximate surface area is 151 Å². The predicted octanol–water partition coefficient (Wildman–Crippen LogP) is 2.92. The van der Waals surface area contributed by atoms with E-state index in [9.17, 15) is 4.39 Å². The van der Waals surface area contributed by atoms with E-state index in [1.54, 1.807) is 12.1 Å². The molecule has 1 heterocycles. The van der Waals surface area contributed by atoms with E-state index in [0.717, 1.165) is 44.1 Å². The van der Waals surface area contributed by atoms with Gasteiger partial charge >= 0.3 is 0 Å². The van der Waals surface area contributed by atoms with Gasteiger partial charge in [-0.05, 0) is 43.5 Å². The molecule has 1 aromatic rings. The molecule has 3 atom stereocenters. The minimum atomic E-state index is -0.0905. The Morgan fingerprint density at radius 1 is 1.32 bits per heavy atom. The van der Waals surface area contributed by atoms with Crippen LogP contribution in [-0.4, -0.2) is 61.6 Å². The van der Waals surface area contributed by atoms with Crippen molar-refractivity contribution in [1.29, 1.82) is 0 Å². The van der Waals surface area contributed by atoms with Crippen molar-refractivity contribution in [3.8, 4) is 0 Å². The Bertz CT molecular complexity index is 599. The average Bonchev–Trinajstić information content (AvgIpc) is 3.24. The Kier molecular flexibility index (Phi) is 5.94. The van der Waals surface area contributed by atoms with Crippen molar-refractivity contribution in [2.45, 2.75) is 38.6 Å². The van der Waals surface area contributed by atoms with E-state index < -0.39 is 0 Å². The first-order chi connectivity index (χ1) is 12.2. The molecule has 0 amide bonds. The molecule has 1 N–H and O–H groups in total. The van der Waals surface area contributed by atoms with Crippen LogP contribution < -0.4 is 5.32 Å². The van der Waals surface area contributed by atoms with Crippen molar-refractivity contribution in [2.75, 3.05) is 39.8 Å². The van der Waals surface area contributed by atoms with Crippen LogP contribution in [0.15, 0.2) is 29.3 Å². The lowest BCUT2D eigenvalue weighted by Crippen LogP contribution is -2.42. The van der Waals surface area contributed by atoms with Gasteiger partial charge in [0.1, 0.15) is 5.82 Å². The van der Waals surface area contributed by atoms with Crippen LogP contribution in [0, 0.1) is 11.7 Å². The Morgan fingerprint density at radius 3 is 2.76 bits per heavy atom. The van der Waals surface area contributed by atoms with Gasteiger partial charge in [-0.3, -0.25) is 4.99 Å². The summed E-state index contributed by atoms with van der Waals surface area (Å²) in [5, 5.41) is 3.56. The van der Waals surface area contributed by atoms with Crippen molar-refractivity contribution in [3.05, 3.63) is 35.6 Å². The fourth-order valence-electron chi connectivity index (χ4n) is 3.96. The van der Waals surface area contributed by atoms with Crippen LogP contribution in [0.4, 0.5) is 4.39 Å². The summed E-state index contributed by atoms with van der Waals surface area (Å²) in [6.45, 7) is 9.98. The van der Waals surface area contributed by atoms with E-state index >= 15 is 0 Å². The van der Waals surface area contributed by atoms with Gasteiger partial charge in [-0.2, -0.15) is 0 Å². The van der Waals surface area contributed by atoms with Crippen molar-refractivity contribution in [2.24, 2.45) is 10.9 Å². The second-order valence-corrected chi connectivity index (χ2v) is 7.25. The van der Waals surface area contributed by atoms with E-state index in [1.165, 1.54) is 13.0 Å². The third kappa shape index (κ3) is 4.32. The van der Waals surface area contributed by atoms with E-state index in [0.29, 0.717) is 12.0 Å². The van der Waals surface area contributed by atoms with Crippen LogP contribution in [0.3, 0.4) is 0 Å². The van der Waals surface area contributed by atoms with E-state index in [2.05, 4.69) is 34.0 Å². The quantitative estimate of drug-likeness (QED) is 0.635. The lowest BCUT2D eigenvalue weighted by molar-refractivity contribution is 0.255. The zero-order valence-corrected chi connectivity index (χ0v) is 15.7. The molecule has 4 nitrogen and oxygen atoms in total. The van der Waals surface area contributed by atoms with E-state index in [4.69, 9.17) is 0 Å². The molecule has 0 aromatic heterocycles. The number of guanidine groups is 1. The van der Waals surface area contributed by atoms with Gasteiger partial charge in [-0.15, -0.1) is 0 Å². The van der Waals surface area contributed by atoms with Crippen LogP contribution in [0.5, 0.6) is 0 Å². The maximum atomic E-state index is 13.9. The van der Waals surface area contributed by atoms with E-state index in [-0.39, 0.29) is 11.7 Å². The monoisotopic (exact) mass is 346 g/mol. The molecule has 1 aliphatic heterocycles. The first-order valence-electron chi connectivity index (χ1n) is 9.61. The highest BCUT2D eigenvalue weighted by Crippen LogP contribution is 2.42. The summed E-state index contributed by atoms with van der Waals surface area (Å²) in [5.74, 6) is 1.87. The largest absolute Gasteiger partial charge is 0.353 e. The number of hydrogen-bond acceptors (Lipinski definition) is 2. The van der Waals surface area contributed by atoms with Gasteiger partial charge in [0.2, 0.25) is 0 Å². The van der Waals surface area contributed by atoms with Crippen LogP contribution in [0.1, 0.15) is 38.2 Å². The molecule has 0 spiro atoms. The molecule has 1 aromatic carbocycles. The third-order valence-electron chi connectivity index (χ3n) is 5.62. The summed E-state index contributed by atoms with van der Waals surface area (Å²) in [6.07, 6.45) is 2.20. The summed E-state index contributed by atoms with van der Waals surface area (Å²) in [5.41, 5.74) is 0.830. The van der Waals surface area contributed by atoms with Gasteiger partial charge in [-0.25, -0.2) is 4.39 Å². The molecule has 1 saturated heterocycles. The van der Waals surface area contributed by atoms with Gasteiger partial charge in [0.25, 0.3) is 0 Å². The molecule has 1 aliphatic carbocycles. The molecule has 5 heteroatoms. The number of benzene rings is 1. The van der Waals surface area contributed by atoms with Gasteiger partial charge in [0.15, 0.2) is 5.96 Å². The molecule has 3 unspecified atom stereocenters. The van der Waals surface area contributed by atoms with Crippen molar-refractivity contribution >= 4 is 5.96 Å². The molecule has 1 saturated carbocycles. The number of nitrogens with zero attached hydrogens (tertiary/aromatic N) is 3. The zero-order valence-electron chi connectivity index (χ0n) is 15.7. The number of aliphatic imine (C=N–C) groups is 1. The van der Waals surface area contributed by atoms with Crippen LogP contribution >= 0.6 is 0 Å². The number of hydrogen-bond donors (Lipinski definition) is 1. The number of likely N-dealkylation sites (tertiary alicyclic amines) is 1. The second-order valence-electron chi connectivity index (χ2n) is 7.25. The smallest absolute Gasteiger partial charge is 0.193 e. The first-order valence-corrected chi connectivity index (χ1v) is 9.61. The van der Waals surface area contributed by atoms with Gasteiger partial charge in [-0.1, -0.05) is 32.0 Å². The number of nitrogens with one attached hydrogen (secondary N) is 1. The van der Waals surface area contributed by atoms with Crippen LogP contribution in [0.25, 0.3) is 0 Å². The molecule has 3 rings (SSSR count). The molecule has 2 aliphatic rings.